The van der Waals surface area contributed by atoms with E-state index in [-0.39, 0.29) is 0 Å². The monoisotopic (exact) mass is 214 g/mol. The fraction of sp³-hybridized carbons (Fsp3) is 0.286. The van der Waals surface area contributed by atoms with E-state index in [1.165, 1.54) is 0 Å². The second-order valence-electron chi connectivity index (χ2n) is 3.00. The number of methoxy groups -OCH3 is 2. The minimum Gasteiger partial charge on any atom is -0.495 e. The SMILES string of the molecule is CC#Cc1cc(OC)c(C#CC)cc1OC. The largest absolute Gasteiger partial charge is 0.495 e. The van der Waals surface area contributed by atoms with Crippen LogP contribution in [-0.4, -0.2) is 14.2 Å². The molecule has 0 fully saturated rings. The van der Waals surface area contributed by atoms with Gasteiger partial charge in [-0.1, -0.05) is 11.8 Å². The molecule has 2 nitrogen and oxygen atoms in total. The third-order valence-corrected chi connectivity index (χ3v) is 2.04. The molecule has 0 spiro atoms. The van der Waals surface area contributed by atoms with Gasteiger partial charge in [0, 0.05) is 12.1 Å². The van der Waals surface area contributed by atoms with Crippen molar-refractivity contribution in [3.63, 3.8) is 0 Å². The van der Waals surface area contributed by atoms with Gasteiger partial charge in [0.25, 0.3) is 0 Å². The van der Waals surface area contributed by atoms with E-state index >= 15 is 0 Å². The maximum atomic E-state index is 5.26. The van der Waals surface area contributed by atoms with Crippen molar-refractivity contribution in [1.82, 2.24) is 0 Å². The third kappa shape index (κ3) is 2.49. The Morgan fingerprint density at radius 2 is 1.19 bits per heavy atom. The van der Waals surface area contributed by atoms with Crippen molar-refractivity contribution in [2.45, 2.75) is 13.8 Å². The molecule has 0 amide bonds. The Bertz CT molecular complexity index is 445. The molecule has 0 saturated heterocycles. The maximum Gasteiger partial charge on any atom is 0.135 e. The Labute approximate surface area is 96.6 Å². The number of rotatable bonds is 2. The maximum absolute atomic E-state index is 5.26. The molecule has 0 aliphatic rings. The zero-order valence-electron chi connectivity index (χ0n) is 9.97. The van der Waals surface area contributed by atoms with Gasteiger partial charge in [-0.3, -0.25) is 0 Å². The summed E-state index contributed by atoms with van der Waals surface area (Å²) < 4.78 is 10.5. The summed E-state index contributed by atoms with van der Waals surface area (Å²) in [5.74, 6) is 13.0. The third-order valence-electron chi connectivity index (χ3n) is 2.04. The smallest absolute Gasteiger partial charge is 0.135 e. The zero-order chi connectivity index (χ0) is 12.0. The average Bonchev–Trinajstić information content (AvgIpc) is 2.31. The Hall–Kier alpha value is -2.06. The molecule has 0 aliphatic heterocycles. The second kappa shape index (κ2) is 5.73. The van der Waals surface area contributed by atoms with Crippen molar-refractivity contribution in [2.24, 2.45) is 0 Å². The van der Waals surface area contributed by atoms with Crippen molar-refractivity contribution in [1.29, 1.82) is 0 Å². The summed E-state index contributed by atoms with van der Waals surface area (Å²) in [4.78, 5) is 0. The summed E-state index contributed by atoms with van der Waals surface area (Å²) in [6, 6.07) is 3.68. The minimum absolute atomic E-state index is 0.716. The molecule has 82 valence electrons. The summed E-state index contributed by atoms with van der Waals surface area (Å²) >= 11 is 0. The number of hydrogen-bond donors (Lipinski definition) is 0. The van der Waals surface area contributed by atoms with Crippen LogP contribution in [0.3, 0.4) is 0 Å². The fourth-order valence-corrected chi connectivity index (χ4v) is 1.36. The van der Waals surface area contributed by atoms with E-state index in [1.54, 1.807) is 28.1 Å². The molecule has 0 radical (unpaired) electrons. The lowest BCUT2D eigenvalue weighted by molar-refractivity contribution is 0.401. The molecule has 16 heavy (non-hydrogen) atoms. The van der Waals surface area contributed by atoms with Crippen LogP contribution < -0.4 is 9.47 Å². The fourth-order valence-electron chi connectivity index (χ4n) is 1.36. The lowest BCUT2D eigenvalue weighted by atomic mass is 10.1. The first-order chi connectivity index (χ1) is 7.76. The quantitative estimate of drug-likeness (QED) is 0.704. The van der Waals surface area contributed by atoms with E-state index in [1.807, 2.05) is 12.1 Å². The van der Waals surface area contributed by atoms with Gasteiger partial charge in [-0.2, -0.15) is 0 Å². The Balaban J connectivity index is 3.41. The van der Waals surface area contributed by atoms with Crippen LogP contribution in [-0.2, 0) is 0 Å². The van der Waals surface area contributed by atoms with Crippen molar-refractivity contribution >= 4 is 0 Å². The van der Waals surface area contributed by atoms with Gasteiger partial charge in [0.05, 0.1) is 25.3 Å². The van der Waals surface area contributed by atoms with E-state index in [4.69, 9.17) is 9.47 Å². The summed E-state index contributed by atoms with van der Waals surface area (Å²) in [7, 11) is 3.23. The van der Waals surface area contributed by atoms with Crippen LogP contribution in [0.5, 0.6) is 11.5 Å². The van der Waals surface area contributed by atoms with Gasteiger partial charge in [-0.05, 0) is 13.8 Å². The molecular formula is C14H14O2. The van der Waals surface area contributed by atoms with Crippen molar-refractivity contribution in [3.8, 4) is 35.2 Å². The second-order valence-corrected chi connectivity index (χ2v) is 3.00. The van der Waals surface area contributed by atoms with Gasteiger partial charge in [0.15, 0.2) is 0 Å². The molecule has 1 aromatic carbocycles. The van der Waals surface area contributed by atoms with Gasteiger partial charge < -0.3 is 9.47 Å². The van der Waals surface area contributed by atoms with Crippen LogP contribution in [0.15, 0.2) is 12.1 Å². The summed E-state index contributed by atoms with van der Waals surface area (Å²) in [5.41, 5.74) is 1.62. The van der Waals surface area contributed by atoms with E-state index < -0.39 is 0 Å². The van der Waals surface area contributed by atoms with Gasteiger partial charge in [-0.25, -0.2) is 0 Å². The lowest BCUT2D eigenvalue weighted by Crippen LogP contribution is -1.94. The number of ether oxygens (including phenoxy) is 2. The number of benzene rings is 1. The van der Waals surface area contributed by atoms with Gasteiger partial charge >= 0.3 is 0 Å². The molecule has 1 aromatic rings. The molecule has 0 saturated carbocycles. The molecular weight excluding hydrogens is 200 g/mol. The van der Waals surface area contributed by atoms with Crippen LogP contribution in [0.2, 0.25) is 0 Å². The first-order valence-corrected chi connectivity index (χ1v) is 4.88. The Kier molecular flexibility index (Phi) is 4.30. The molecule has 0 bridgehead atoms. The van der Waals surface area contributed by atoms with Crippen LogP contribution in [0, 0.1) is 23.7 Å². The number of hydrogen-bond acceptors (Lipinski definition) is 2. The highest BCUT2D eigenvalue weighted by molar-refractivity contribution is 5.58. The van der Waals surface area contributed by atoms with Crippen LogP contribution >= 0.6 is 0 Å². The van der Waals surface area contributed by atoms with Gasteiger partial charge in [-0.15, -0.1) is 11.8 Å². The van der Waals surface area contributed by atoms with E-state index in [2.05, 4.69) is 23.7 Å². The first kappa shape index (κ1) is 12.0. The predicted octanol–water partition coefficient (Wildman–Crippen LogP) is 2.45. The van der Waals surface area contributed by atoms with Crippen molar-refractivity contribution < 1.29 is 9.47 Å². The molecule has 0 heterocycles. The summed E-state index contributed by atoms with van der Waals surface area (Å²) in [6.07, 6.45) is 0. The van der Waals surface area contributed by atoms with E-state index in [0.717, 1.165) is 11.1 Å². The molecule has 0 unspecified atom stereocenters. The molecule has 0 aliphatic carbocycles. The highest BCUT2D eigenvalue weighted by Crippen LogP contribution is 2.27. The normalized spacial score (nSPS) is 8.25. The molecule has 2 heteroatoms. The predicted molar refractivity (Wildman–Crippen MR) is 64.7 cm³/mol. The summed E-state index contributed by atoms with van der Waals surface area (Å²) in [6.45, 7) is 3.57. The van der Waals surface area contributed by atoms with Crippen molar-refractivity contribution in [3.05, 3.63) is 23.3 Å². The highest BCUT2D eigenvalue weighted by Gasteiger charge is 2.07. The lowest BCUT2D eigenvalue weighted by Gasteiger charge is -2.08. The molecule has 0 N–H and O–H groups in total. The summed E-state index contributed by atoms with van der Waals surface area (Å²) in [5, 5.41) is 0. The van der Waals surface area contributed by atoms with Crippen LogP contribution in [0.25, 0.3) is 0 Å². The zero-order valence-corrected chi connectivity index (χ0v) is 9.97. The highest BCUT2D eigenvalue weighted by atomic mass is 16.5. The molecule has 1 rings (SSSR count). The van der Waals surface area contributed by atoms with Gasteiger partial charge in [0.1, 0.15) is 11.5 Å². The van der Waals surface area contributed by atoms with Crippen LogP contribution in [0.1, 0.15) is 25.0 Å². The average molecular weight is 214 g/mol. The first-order valence-electron chi connectivity index (χ1n) is 4.88. The van der Waals surface area contributed by atoms with Gasteiger partial charge in [0.2, 0.25) is 0 Å². The Morgan fingerprint density at radius 1 is 0.812 bits per heavy atom. The van der Waals surface area contributed by atoms with E-state index in [9.17, 15) is 0 Å². The standard InChI is InChI=1S/C14H14O2/c1-5-7-11-9-14(16-4)12(8-6-2)10-13(11)15-3/h9-10H,1-4H3. The molecule has 0 aromatic heterocycles. The topological polar surface area (TPSA) is 18.5 Å². The van der Waals surface area contributed by atoms with E-state index in [0.29, 0.717) is 11.5 Å². The van der Waals surface area contributed by atoms with Crippen LogP contribution in [0.4, 0.5) is 0 Å². The minimum atomic E-state index is 0.716. The Morgan fingerprint density at radius 3 is 1.44 bits per heavy atom. The van der Waals surface area contributed by atoms with Crippen molar-refractivity contribution in [2.75, 3.05) is 14.2 Å². The molecule has 0 atom stereocenters.